The summed E-state index contributed by atoms with van der Waals surface area (Å²) >= 11 is 0. The summed E-state index contributed by atoms with van der Waals surface area (Å²) in [7, 11) is 1.56. The number of hydrogen-bond donors (Lipinski definition) is 0. The molecular weight excluding hydrogens is 216 g/mol. The SMILES string of the molecule is C=C(C)C(=O)Oc1ccc(CCC)cc1OC. The highest BCUT2D eigenvalue weighted by Crippen LogP contribution is 2.29. The van der Waals surface area contributed by atoms with Crippen LogP contribution in [-0.4, -0.2) is 13.1 Å². The molecule has 0 bridgehead atoms. The molecule has 0 aliphatic heterocycles. The number of methoxy groups -OCH3 is 1. The molecule has 0 spiro atoms. The van der Waals surface area contributed by atoms with Crippen LogP contribution in [0.1, 0.15) is 25.8 Å². The second-order valence-corrected chi connectivity index (χ2v) is 3.91. The van der Waals surface area contributed by atoms with Gasteiger partial charge in [-0.2, -0.15) is 0 Å². The molecule has 17 heavy (non-hydrogen) atoms. The average Bonchev–Trinajstić information content (AvgIpc) is 2.31. The van der Waals surface area contributed by atoms with Crippen LogP contribution in [-0.2, 0) is 11.2 Å². The van der Waals surface area contributed by atoms with Gasteiger partial charge in [0.25, 0.3) is 0 Å². The Kier molecular flexibility index (Phi) is 4.76. The van der Waals surface area contributed by atoms with Crippen LogP contribution in [0.3, 0.4) is 0 Å². The molecule has 0 fully saturated rings. The minimum Gasteiger partial charge on any atom is -0.493 e. The number of ether oxygens (including phenoxy) is 2. The van der Waals surface area contributed by atoms with Crippen LogP contribution in [0.5, 0.6) is 11.5 Å². The van der Waals surface area contributed by atoms with E-state index in [-0.39, 0.29) is 0 Å². The maximum atomic E-state index is 11.4. The smallest absolute Gasteiger partial charge is 0.338 e. The number of carbonyl (C=O) groups excluding carboxylic acids is 1. The third-order valence-corrected chi connectivity index (χ3v) is 2.32. The predicted octanol–water partition coefficient (Wildman–Crippen LogP) is 3.13. The third kappa shape index (κ3) is 3.63. The molecule has 0 unspecified atom stereocenters. The van der Waals surface area contributed by atoms with E-state index in [1.807, 2.05) is 12.1 Å². The van der Waals surface area contributed by atoms with E-state index in [0.717, 1.165) is 12.8 Å². The van der Waals surface area contributed by atoms with Crippen LogP contribution in [0.2, 0.25) is 0 Å². The Morgan fingerprint density at radius 3 is 2.59 bits per heavy atom. The lowest BCUT2D eigenvalue weighted by molar-refractivity contribution is -0.130. The van der Waals surface area contributed by atoms with Crippen molar-refractivity contribution in [2.45, 2.75) is 26.7 Å². The summed E-state index contributed by atoms with van der Waals surface area (Å²) in [5, 5.41) is 0. The van der Waals surface area contributed by atoms with Crippen molar-refractivity contribution in [2.75, 3.05) is 7.11 Å². The molecule has 1 rings (SSSR count). The molecule has 0 saturated heterocycles. The van der Waals surface area contributed by atoms with E-state index in [2.05, 4.69) is 13.5 Å². The summed E-state index contributed by atoms with van der Waals surface area (Å²) in [6, 6.07) is 5.59. The van der Waals surface area contributed by atoms with Crippen LogP contribution >= 0.6 is 0 Å². The first kappa shape index (κ1) is 13.3. The number of esters is 1. The van der Waals surface area contributed by atoms with Gasteiger partial charge in [-0.1, -0.05) is 26.0 Å². The maximum Gasteiger partial charge on any atom is 0.338 e. The minimum atomic E-state index is -0.438. The molecule has 0 aliphatic carbocycles. The molecule has 3 nitrogen and oxygen atoms in total. The van der Waals surface area contributed by atoms with Crippen molar-refractivity contribution in [1.82, 2.24) is 0 Å². The molecule has 0 radical (unpaired) electrons. The first-order chi connectivity index (χ1) is 8.08. The van der Waals surface area contributed by atoms with Crippen molar-refractivity contribution in [3.63, 3.8) is 0 Å². The zero-order valence-electron chi connectivity index (χ0n) is 10.6. The van der Waals surface area contributed by atoms with Crippen molar-refractivity contribution in [3.8, 4) is 11.5 Å². The molecule has 1 aromatic carbocycles. The van der Waals surface area contributed by atoms with Gasteiger partial charge in [0.05, 0.1) is 7.11 Å². The van der Waals surface area contributed by atoms with E-state index in [4.69, 9.17) is 9.47 Å². The van der Waals surface area contributed by atoms with Gasteiger partial charge < -0.3 is 9.47 Å². The van der Waals surface area contributed by atoms with Gasteiger partial charge in [-0.15, -0.1) is 0 Å². The summed E-state index contributed by atoms with van der Waals surface area (Å²) in [5.41, 5.74) is 1.53. The Balaban J connectivity index is 2.92. The molecule has 3 heteroatoms. The highest BCUT2D eigenvalue weighted by Gasteiger charge is 2.10. The number of benzene rings is 1. The number of carbonyl (C=O) groups is 1. The average molecular weight is 234 g/mol. The second kappa shape index (κ2) is 6.09. The molecule has 0 N–H and O–H groups in total. The molecule has 92 valence electrons. The maximum absolute atomic E-state index is 11.4. The first-order valence-corrected chi connectivity index (χ1v) is 5.63. The van der Waals surface area contributed by atoms with Crippen molar-refractivity contribution in [1.29, 1.82) is 0 Å². The molecular formula is C14H18O3. The van der Waals surface area contributed by atoms with E-state index in [1.165, 1.54) is 5.56 Å². The fraction of sp³-hybridized carbons (Fsp3) is 0.357. The van der Waals surface area contributed by atoms with Gasteiger partial charge in [-0.25, -0.2) is 4.79 Å². The molecule has 0 amide bonds. The number of hydrogen-bond acceptors (Lipinski definition) is 3. The molecule has 0 saturated carbocycles. The molecule has 0 aliphatic rings. The summed E-state index contributed by atoms with van der Waals surface area (Å²) in [5.74, 6) is 0.567. The largest absolute Gasteiger partial charge is 0.493 e. The van der Waals surface area contributed by atoms with Crippen LogP contribution in [0.4, 0.5) is 0 Å². The molecule has 0 heterocycles. The predicted molar refractivity (Wildman–Crippen MR) is 67.4 cm³/mol. The van der Waals surface area contributed by atoms with Gasteiger partial charge in [0, 0.05) is 5.57 Å². The normalized spacial score (nSPS) is 9.82. The van der Waals surface area contributed by atoms with E-state index in [1.54, 1.807) is 20.1 Å². The fourth-order valence-corrected chi connectivity index (χ4v) is 1.43. The van der Waals surface area contributed by atoms with Crippen LogP contribution in [0.15, 0.2) is 30.4 Å². The van der Waals surface area contributed by atoms with Crippen LogP contribution in [0.25, 0.3) is 0 Å². The van der Waals surface area contributed by atoms with Gasteiger partial charge >= 0.3 is 5.97 Å². The van der Waals surface area contributed by atoms with Gasteiger partial charge in [-0.3, -0.25) is 0 Å². The monoisotopic (exact) mass is 234 g/mol. The Labute approximate surface area is 102 Å². The summed E-state index contributed by atoms with van der Waals surface area (Å²) in [6.45, 7) is 7.26. The minimum absolute atomic E-state index is 0.365. The highest BCUT2D eigenvalue weighted by molar-refractivity contribution is 5.89. The summed E-state index contributed by atoms with van der Waals surface area (Å²) in [4.78, 5) is 11.4. The Morgan fingerprint density at radius 1 is 1.35 bits per heavy atom. The topological polar surface area (TPSA) is 35.5 Å². The van der Waals surface area contributed by atoms with Crippen molar-refractivity contribution in [2.24, 2.45) is 0 Å². The van der Waals surface area contributed by atoms with Gasteiger partial charge in [-0.05, 0) is 31.0 Å². The molecule has 0 atom stereocenters. The van der Waals surface area contributed by atoms with Gasteiger partial charge in [0.15, 0.2) is 11.5 Å². The standard InChI is InChI=1S/C14H18O3/c1-5-6-11-7-8-12(13(9-11)16-4)17-14(15)10(2)3/h7-9H,2,5-6H2,1,3-4H3. The molecule has 1 aromatic rings. The van der Waals surface area contributed by atoms with E-state index in [9.17, 15) is 4.79 Å². The van der Waals surface area contributed by atoms with Crippen LogP contribution < -0.4 is 9.47 Å². The lowest BCUT2D eigenvalue weighted by Crippen LogP contribution is -2.09. The summed E-state index contributed by atoms with van der Waals surface area (Å²) < 4.78 is 10.4. The Bertz CT molecular complexity index is 421. The number of aryl methyl sites for hydroxylation is 1. The second-order valence-electron chi connectivity index (χ2n) is 3.91. The quantitative estimate of drug-likeness (QED) is 0.446. The zero-order valence-corrected chi connectivity index (χ0v) is 10.6. The number of rotatable bonds is 5. The van der Waals surface area contributed by atoms with Gasteiger partial charge in [0.1, 0.15) is 0 Å². The van der Waals surface area contributed by atoms with Crippen molar-refractivity contribution >= 4 is 5.97 Å². The van der Waals surface area contributed by atoms with E-state index < -0.39 is 5.97 Å². The van der Waals surface area contributed by atoms with E-state index in [0.29, 0.717) is 17.1 Å². The third-order valence-electron chi connectivity index (χ3n) is 2.32. The molecule has 0 aromatic heterocycles. The Hall–Kier alpha value is -1.77. The fourth-order valence-electron chi connectivity index (χ4n) is 1.43. The zero-order chi connectivity index (χ0) is 12.8. The van der Waals surface area contributed by atoms with Crippen molar-refractivity contribution in [3.05, 3.63) is 35.9 Å². The van der Waals surface area contributed by atoms with Gasteiger partial charge in [0.2, 0.25) is 0 Å². The highest BCUT2D eigenvalue weighted by atomic mass is 16.6. The lowest BCUT2D eigenvalue weighted by Gasteiger charge is -2.10. The van der Waals surface area contributed by atoms with E-state index >= 15 is 0 Å². The Morgan fingerprint density at radius 2 is 2.06 bits per heavy atom. The first-order valence-electron chi connectivity index (χ1n) is 5.63. The lowest BCUT2D eigenvalue weighted by atomic mass is 10.1. The van der Waals surface area contributed by atoms with Crippen molar-refractivity contribution < 1.29 is 14.3 Å². The van der Waals surface area contributed by atoms with Crippen LogP contribution in [0, 0.1) is 0 Å². The summed E-state index contributed by atoms with van der Waals surface area (Å²) in [6.07, 6.45) is 2.04.